The van der Waals surface area contributed by atoms with Crippen LogP contribution in [0.1, 0.15) is 67.0 Å². The molecule has 0 saturated heterocycles. The molecule has 3 aromatic rings. The molecule has 2 heterocycles. The Morgan fingerprint density at radius 3 is 2.33 bits per heavy atom. The number of carbonyl (C=O) groups excluding carboxylic acids is 1. The third kappa shape index (κ3) is 3.13. The highest BCUT2D eigenvalue weighted by Gasteiger charge is 2.52. The monoisotopic (exact) mass is 439 g/mol. The van der Waals surface area contributed by atoms with Gasteiger partial charge in [-0.2, -0.15) is 0 Å². The fraction of sp³-hybridized carbons (Fsp3) is 0.483. The van der Waals surface area contributed by atoms with E-state index in [4.69, 9.17) is 0 Å². The first kappa shape index (κ1) is 19.7. The zero-order chi connectivity index (χ0) is 22.2. The van der Waals surface area contributed by atoms with Crippen molar-refractivity contribution in [2.75, 3.05) is 6.54 Å². The number of aryl methyl sites for hydroxylation is 1. The van der Waals surface area contributed by atoms with Gasteiger partial charge in [0.1, 0.15) is 0 Å². The number of nitrogens with zero attached hydrogens (tertiary/aromatic N) is 1. The van der Waals surface area contributed by atoms with E-state index in [1.807, 2.05) is 0 Å². The number of hydrogen-bond donors (Lipinski definition) is 2. The van der Waals surface area contributed by atoms with Crippen LogP contribution in [0.4, 0.5) is 4.79 Å². The fourth-order valence-corrected chi connectivity index (χ4v) is 8.12. The predicted molar refractivity (Wildman–Crippen MR) is 131 cm³/mol. The molecule has 0 radical (unpaired) electrons. The molecule has 4 aliphatic carbocycles. The molecule has 1 aromatic heterocycles. The molecule has 8 rings (SSSR count). The number of fused-ring (bicyclic) bond motifs is 3. The van der Waals surface area contributed by atoms with Crippen molar-refractivity contribution in [1.82, 2.24) is 15.2 Å². The van der Waals surface area contributed by atoms with Gasteiger partial charge in [0.05, 0.1) is 6.04 Å². The number of carbonyl (C=O) groups is 1. The minimum absolute atomic E-state index is 0.0321. The third-order valence-electron chi connectivity index (χ3n) is 9.10. The zero-order valence-corrected chi connectivity index (χ0v) is 19.4. The van der Waals surface area contributed by atoms with E-state index in [1.165, 1.54) is 71.8 Å². The number of amides is 2. The SMILES string of the molecule is Cc1ccc([C@H]2c3[nH]c4ccccc4c3CCN2C(=O)NC23CC4CC(CC(C4)C2)C3)cc1. The predicted octanol–water partition coefficient (Wildman–Crippen LogP) is 6.10. The van der Waals surface area contributed by atoms with Crippen molar-refractivity contribution < 1.29 is 4.79 Å². The Kier molecular flexibility index (Phi) is 4.25. The minimum atomic E-state index is -0.0735. The number of aromatic amines is 1. The van der Waals surface area contributed by atoms with Gasteiger partial charge < -0.3 is 15.2 Å². The summed E-state index contributed by atoms with van der Waals surface area (Å²) in [6, 6.07) is 17.4. The Morgan fingerprint density at radius 2 is 1.64 bits per heavy atom. The summed E-state index contributed by atoms with van der Waals surface area (Å²) >= 11 is 0. The fourth-order valence-electron chi connectivity index (χ4n) is 8.12. The summed E-state index contributed by atoms with van der Waals surface area (Å²) in [5.74, 6) is 2.48. The second kappa shape index (κ2) is 7.12. The van der Waals surface area contributed by atoms with E-state index in [1.54, 1.807) is 0 Å². The Morgan fingerprint density at radius 1 is 0.970 bits per heavy atom. The van der Waals surface area contributed by atoms with Crippen LogP contribution >= 0.6 is 0 Å². The molecule has 1 atom stereocenters. The number of aromatic nitrogens is 1. The van der Waals surface area contributed by atoms with Crippen LogP contribution in [0, 0.1) is 24.7 Å². The molecule has 2 N–H and O–H groups in total. The smallest absolute Gasteiger partial charge is 0.318 e. The second-order valence-corrected chi connectivity index (χ2v) is 11.4. The topological polar surface area (TPSA) is 48.1 Å². The van der Waals surface area contributed by atoms with E-state index in [2.05, 4.69) is 70.7 Å². The average Bonchev–Trinajstić information content (AvgIpc) is 3.16. The van der Waals surface area contributed by atoms with Gasteiger partial charge >= 0.3 is 6.03 Å². The Bertz CT molecular complexity index is 1190. The van der Waals surface area contributed by atoms with Gasteiger partial charge in [0.2, 0.25) is 0 Å². The first-order valence-electron chi connectivity index (χ1n) is 12.8. The maximum Gasteiger partial charge on any atom is 0.318 e. The molecule has 2 aromatic carbocycles. The molecule has 33 heavy (non-hydrogen) atoms. The number of benzene rings is 2. The van der Waals surface area contributed by atoms with Gasteiger partial charge in [-0.15, -0.1) is 0 Å². The first-order valence-corrected chi connectivity index (χ1v) is 12.8. The van der Waals surface area contributed by atoms with Crippen molar-refractivity contribution in [3.63, 3.8) is 0 Å². The maximum atomic E-state index is 14.0. The lowest BCUT2D eigenvalue weighted by molar-refractivity contribution is -0.0163. The van der Waals surface area contributed by atoms with Crippen molar-refractivity contribution in [3.8, 4) is 0 Å². The van der Waals surface area contributed by atoms with Gasteiger partial charge in [0, 0.05) is 28.7 Å². The highest BCUT2D eigenvalue weighted by molar-refractivity contribution is 5.86. The van der Waals surface area contributed by atoms with Crippen LogP contribution < -0.4 is 5.32 Å². The summed E-state index contributed by atoms with van der Waals surface area (Å²) in [6.45, 7) is 2.88. The van der Waals surface area contributed by atoms with Crippen molar-refractivity contribution in [1.29, 1.82) is 0 Å². The van der Waals surface area contributed by atoms with Gasteiger partial charge in [-0.25, -0.2) is 4.79 Å². The second-order valence-electron chi connectivity index (χ2n) is 11.4. The minimum Gasteiger partial charge on any atom is -0.356 e. The van der Waals surface area contributed by atoms with E-state index in [9.17, 15) is 4.79 Å². The highest BCUT2D eigenvalue weighted by atomic mass is 16.2. The van der Waals surface area contributed by atoms with Gasteiger partial charge in [0.25, 0.3) is 0 Å². The van der Waals surface area contributed by atoms with Crippen LogP contribution in [-0.4, -0.2) is 28.0 Å². The molecule has 170 valence electrons. The molecular weight excluding hydrogens is 406 g/mol. The lowest BCUT2D eigenvalue weighted by Crippen LogP contribution is -2.62. The average molecular weight is 440 g/mol. The molecule has 4 saturated carbocycles. The van der Waals surface area contributed by atoms with E-state index < -0.39 is 0 Å². The Balaban J connectivity index is 1.26. The van der Waals surface area contributed by atoms with E-state index >= 15 is 0 Å². The van der Waals surface area contributed by atoms with E-state index in [0.29, 0.717) is 0 Å². The molecule has 2 amide bonds. The van der Waals surface area contributed by atoms with Crippen LogP contribution in [0.25, 0.3) is 10.9 Å². The quantitative estimate of drug-likeness (QED) is 0.498. The van der Waals surface area contributed by atoms with Gasteiger partial charge in [-0.05, 0) is 86.8 Å². The Hall–Kier alpha value is -2.75. The summed E-state index contributed by atoms with van der Waals surface area (Å²) < 4.78 is 0. The molecular formula is C29H33N3O. The summed E-state index contributed by atoms with van der Waals surface area (Å²) in [4.78, 5) is 19.8. The van der Waals surface area contributed by atoms with E-state index in [-0.39, 0.29) is 17.6 Å². The molecule has 4 bridgehead atoms. The van der Waals surface area contributed by atoms with Crippen LogP contribution in [0.2, 0.25) is 0 Å². The van der Waals surface area contributed by atoms with Gasteiger partial charge in [-0.3, -0.25) is 0 Å². The molecule has 5 aliphatic rings. The zero-order valence-electron chi connectivity index (χ0n) is 19.4. The van der Waals surface area contributed by atoms with Crippen molar-refractivity contribution in [3.05, 3.63) is 70.9 Å². The number of urea groups is 1. The molecule has 0 spiro atoms. The summed E-state index contributed by atoms with van der Waals surface area (Å²) in [7, 11) is 0. The maximum absolute atomic E-state index is 14.0. The lowest BCUT2D eigenvalue weighted by Gasteiger charge is -2.57. The number of H-pyrrole nitrogens is 1. The van der Waals surface area contributed by atoms with E-state index in [0.717, 1.165) is 30.7 Å². The standard InChI is InChI=1S/C29H33N3O/c1-18-6-8-22(9-7-18)27-26-24(23-4-2-3-5-25(23)30-26)10-11-32(27)28(33)31-29-15-19-12-20(16-29)14-21(13-19)17-29/h2-9,19-21,27,30H,10-17H2,1H3,(H,31,33)/t19?,20?,21?,27-,29?/m0/s1. The highest BCUT2D eigenvalue weighted by Crippen LogP contribution is 2.55. The molecule has 0 unspecified atom stereocenters. The first-order chi connectivity index (χ1) is 16.1. The van der Waals surface area contributed by atoms with Crippen LogP contribution in [-0.2, 0) is 6.42 Å². The molecule has 4 nitrogen and oxygen atoms in total. The van der Waals surface area contributed by atoms with Crippen molar-refractivity contribution in [2.24, 2.45) is 17.8 Å². The third-order valence-corrected chi connectivity index (χ3v) is 9.10. The summed E-state index contributed by atoms with van der Waals surface area (Å²) in [5.41, 5.74) is 6.19. The van der Waals surface area contributed by atoms with Crippen molar-refractivity contribution >= 4 is 16.9 Å². The summed E-state index contributed by atoms with van der Waals surface area (Å²) in [5, 5.41) is 4.94. The molecule has 1 aliphatic heterocycles. The lowest BCUT2D eigenvalue weighted by atomic mass is 9.53. The van der Waals surface area contributed by atoms with Crippen LogP contribution in [0.15, 0.2) is 48.5 Å². The normalized spacial score (nSPS) is 32.2. The molecule has 4 fully saturated rings. The van der Waals surface area contributed by atoms with Crippen LogP contribution in [0.5, 0.6) is 0 Å². The van der Waals surface area contributed by atoms with Crippen LogP contribution in [0.3, 0.4) is 0 Å². The summed E-state index contributed by atoms with van der Waals surface area (Å²) in [6.07, 6.45) is 8.63. The van der Waals surface area contributed by atoms with Gasteiger partial charge in [-0.1, -0.05) is 48.0 Å². The Labute approximate surface area is 195 Å². The largest absolute Gasteiger partial charge is 0.356 e. The molecule has 4 heteroatoms. The van der Waals surface area contributed by atoms with Crippen molar-refractivity contribution in [2.45, 2.75) is 63.5 Å². The number of nitrogens with one attached hydrogen (secondary N) is 2. The number of para-hydroxylation sites is 1. The number of rotatable bonds is 2. The number of hydrogen-bond acceptors (Lipinski definition) is 1. The van der Waals surface area contributed by atoms with Gasteiger partial charge in [0.15, 0.2) is 0 Å².